The average Bonchev–Trinajstić information content (AvgIpc) is 2.81. The first-order valence-electron chi connectivity index (χ1n) is 10.7. The van der Waals surface area contributed by atoms with Crippen molar-refractivity contribution in [2.24, 2.45) is 0 Å². The molecule has 0 bridgehead atoms. The maximum atomic E-state index is 13.1. The van der Waals surface area contributed by atoms with Gasteiger partial charge in [0.05, 0.1) is 49.3 Å². The topological polar surface area (TPSA) is 95.1 Å². The first kappa shape index (κ1) is 24.3. The lowest BCUT2D eigenvalue weighted by atomic mass is 9.92. The Bertz CT molecular complexity index is 1050. The summed E-state index contributed by atoms with van der Waals surface area (Å²) in [5.74, 6) is 0.906. The molecule has 1 atom stereocenters. The molecule has 2 N–H and O–H groups in total. The zero-order chi connectivity index (χ0) is 24.0. The van der Waals surface area contributed by atoms with E-state index in [1.54, 1.807) is 50.4 Å². The van der Waals surface area contributed by atoms with E-state index in [1.807, 2.05) is 13.8 Å². The highest BCUT2D eigenvalue weighted by molar-refractivity contribution is 6.32. The largest absolute Gasteiger partial charge is 0.497 e. The maximum Gasteiger partial charge on any atom is 0.338 e. The van der Waals surface area contributed by atoms with Gasteiger partial charge in [-0.05, 0) is 68.3 Å². The van der Waals surface area contributed by atoms with Gasteiger partial charge in [-0.3, -0.25) is 0 Å². The van der Waals surface area contributed by atoms with Crippen molar-refractivity contribution in [2.75, 3.05) is 26.9 Å². The summed E-state index contributed by atoms with van der Waals surface area (Å²) < 4.78 is 21.9. The summed E-state index contributed by atoms with van der Waals surface area (Å²) >= 11 is 6.50. The van der Waals surface area contributed by atoms with Crippen molar-refractivity contribution in [1.29, 1.82) is 0 Å². The second-order valence-electron chi connectivity index (χ2n) is 6.97. The molecule has 1 aliphatic heterocycles. The highest BCUT2D eigenvalue weighted by Gasteiger charge is 2.35. The van der Waals surface area contributed by atoms with E-state index in [-0.39, 0.29) is 12.2 Å². The molecule has 0 fully saturated rings. The number of carbonyl (C=O) groups is 2. The molecule has 176 valence electrons. The predicted octanol–water partition coefficient (Wildman–Crippen LogP) is 4.47. The molecule has 3 rings (SSSR count). The Kier molecular flexibility index (Phi) is 8.06. The molecular formula is C24H27ClN2O6. The fraction of sp³-hybridized carbons (Fsp3) is 0.333. The second-order valence-corrected chi connectivity index (χ2v) is 7.37. The number of halogens is 1. The number of esters is 1. The molecule has 1 unspecified atom stereocenters. The Morgan fingerprint density at radius 1 is 1.03 bits per heavy atom. The van der Waals surface area contributed by atoms with Gasteiger partial charge in [0.1, 0.15) is 5.75 Å². The van der Waals surface area contributed by atoms with Crippen LogP contribution in [0.25, 0.3) is 5.70 Å². The molecule has 0 saturated heterocycles. The van der Waals surface area contributed by atoms with Crippen molar-refractivity contribution in [3.63, 3.8) is 0 Å². The Morgan fingerprint density at radius 3 is 2.33 bits per heavy atom. The number of methoxy groups -OCH3 is 1. The molecule has 9 heteroatoms. The lowest BCUT2D eigenvalue weighted by molar-refractivity contribution is -0.138. The first-order valence-corrected chi connectivity index (χ1v) is 11.0. The van der Waals surface area contributed by atoms with Crippen LogP contribution in [-0.2, 0) is 9.53 Å². The number of ether oxygens (including phenoxy) is 4. The number of rotatable bonds is 9. The van der Waals surface area contributed by atoms with Gasteiger partial charge >= 0.3 is 12.0 Å². The Balaban J connectivity index is 2.19. The third-order valence-electron chi connectivity index (χ3n) is 4.90. The van der Waals surface area contributed by atoms with Gasteiger partial charge in [0.2, 0.25) is 0 Å². The molecule has 1 heterocycles. The average molecular weight is 475 g/mol. The fourth-order valence-corrected chi connectivity index (χ4v) is 3.80. The quantitative estimate of drug-likeness (QED) is 0.520. The van der Waals surface area contributed by atoms with Gasteiger partial charge in [0.25, 0.3) is 0 Å². The lowest BCUT2D eigenvalue weighted by Gasteiger charge is -2.30. The lowest BCUT2D eigenvalue weighted by Crippen LogP contribution is -2.45. The Hall–Kier alpha value is -3.39. The van der Waals surface area contributed by atoms with Crippen LogP contribution in [0.4, 0.5) is 4.79 Å². The van der Waals surface area contributed by atoms with Crippen molar-refractivity contribution in [3.05, 3.63) is 58.1 Å². The van der Waals surface area contributed by atoms with Crippen LogP contribution in [-0.4, -0.2) is 38.9 Å². The molecule has 0 aliphatic carbocycles. The zero-order valence-electron chi connectivity index (χ0n) is 19.0. The standard InChI is InChI=1S/C24H27ClN2O6/c1-5-31-18-13-15(12-17(25)22(18)32-6-2)21-19(23(28)33-7-3)20(26-24(29)27-21)14-8-10-16(30-4)11-9-14/h8-13,21H,5-7H2,1-4H3,(H2,26,27,29). The van der Waals surface area contributed by atoms with E-state index in [0.29, 0.717) is 52.3 Å². The SMILES string of the molecule is CCOC(=O)C1=C(c2ccc(OC)cc2)NC(=O)NC1c1cc(Cl)c(OCC)c(OCC)c1. The number of nitrogens with one attached hydrogen (secondary N) is 2. The van der Waals surface area contributed by atoms with Gasteiger partial charge in [0, 0.05) is 0 Å². The van der Waals surface area contributed by atoms with Crippen LogP contribution in [0, 0.1) is 0 Å². The van der Waals surface area contributed by atoms with E-state index >= 15 is 0 Å². The van der Waals surface area contributed by atoms with Gasteiger partial charge in [-0.2, -0.15) is 0 Å². The van der Waals surface area contributed by atoms with Crippen LogP contribution in [0.5, 0.6) is 17.2 Å². The van der Waals surface area contributed by atoms with Crippen molar-refractivity contribution in [2.45, 2.75) is 26.8 Å². The van der Waals surface area contributed by atoms with Crippen LogP contribution in [0.2, 0.25) is 5.02 Å². The zero-order valence-corrected chi connectivity index (χ0v) is 19.7. The van der Waals surface area contributed by atoms with Crippen LogP contribution < -0.4 is 24.8 Å². The van der Waals surface area contributed by atoms with Crippen molar-refractivity contribution < 1.29 is 28.5 Å². The number of benzene rings is 2. The number of carbonyl (C=O) groups excluding carboxylic acids is 2. The minimum Gasteiger partial charge on any atom is -0.497 e. The third-order valence-corrected chi connectivity index (χ3v) is 5.18. The molecule has 8 nitrogen and oxygen atoms in total. The van der Waals surface area contributed by atoms with Gasteiger partial charge < -0.3 is 29.6 Å². The van der Waals surface area contributed by atoms with Crippen molar-refractivity contribution >= 4 is 29.3 Å². The van der Waals surface area contributed by atoms with E-state index in [9.17, 15) is 9.59 Å². The molecule has 2 aromatic carbocycles. The summed E-state index contributed by atoms with van der Waals surface area (Å²) in [7, 11) is 1.56. The van der Waals surface area contributed by atoms with Gasteiger partial charge in [-0.1, -0.05) is 11.6 Å². The van der Waals surface area contributed by atoms with E-state index in [4.69, 9.17) is 30.5 Å². The van der Waals surface area contributed by atoms with Crippen molar-refractivity contribution in [1.82, 2.24) is 10.6 Å². The van der Waals surface area contributed by atoms with Gasteiger partial charge in [-0.25, -0.2) is 9.59 Å². The van der Waals surface area contributed by atoms with Crippen LogP contribution >= 0.6 is 11.6 Å². The Labute approximate surface area is 197 Å². The number of hydrogen-bond acceptors (Lipinski definition) is 6. The highest BCUT2D eigenvalue weighted by Crippen LogP contribution is 2.41. The van der Waals surface area contributed by atoms with E-state index in [2.05, 4.69) is 10.6 Å². The normalized spacial score (nSPS) is 15.4. The smallest absolute Gasteiger partial charge is 0.338 e. The van der Waals surface area contributed by atoms with Crippen LogP contribution in [0.15, 0.2) is 42.0 Å². The number of urea groups is 1. The molecule has 0 spiro atoms. The number of hydrogen-bond donors (Lipinski definition) is 2. The molecule has 1 aliphatic rings. The predicted molar refractivity (Wildman–Crippen MR) is 125 cm³/mol. The molecule has 33 heavy (non-hydrogen) atoms. The summed E-state index contributed by atoms with van der Waals surface area (Å²) in [6.45, 7) is 6.36. The number of amides is 2. The van der Waals surface area contributed by atoms with Crippen LogP contribution in [0.1, 0.15) is 37.9 Å². The Morgan fingerprint density at radius 2 is 1.73 bits per heavy atom. The molecule has 2 amide bonds. The van der Waals surface area contributed by atoms with Crippen molar-refractivity contribution in [3.8, 4) is 17.2 Å². The summed E-state index contributed by atoms with van der Waals surface area (Å²) in [6, 6.07) is 9.06. The minimum atomic E-state index is -0.831. The van der Waals surface area contributed by atoms with E-state index in [1.165, 1.54) is 0 Å². The van der Waals surface area contributed by atoms with E-state index in [0.717, 1.165) is 0 Å². The summed E-state index contributed by atoms with van der Waals surface area (Å²) in [5.41, 5.74) is 1.76. The fourth-order valence-electron chi connectivity index (χ4n) is 3.53. The molecule has 0 radical (unpaired) electrons. The molecule has 2 aromatic rings. The van der Waals surface area contributed by atoms with Crippen LogP contribution in [0.3, 0.4) is 0 Å². The molecule has 0 aromatic heterocycles. The van der Waals surface area contributed by atoms with Gasteiger partial charge in [-0.15, -0.1) is 0 Å². The summed E-state index contributed by atoms with van der Waals surface area (Å²) in [4.78, 5) is 25.7. The maximum absolute atomic E-state index is 13.1. The summed E-state index contributed by atoms with van der Waals surface area (Å²) in [6.07, 6.45) is 0. The summed E-state index contributed by atoms with van der Waals surface area (Å²) in [5, 5.41) is 5.85. The van der Waals surface area contributed by atoms with Gasteiger partial charge in [0.15, 0.2) is 11.5 Å². The monoisotopic (exact) mass is 474 g/mol. The van der Waals surface area contributed by atoms with E-state index < -0.39 is 18.0 Å². The molecule has 0 saturated carbocycles. The minimum absolute atomic E-state index is 0.174. The second kappa shape index (κ2) is 11.0. The molecular weight excluding hydrogens is 448 g/mol. The highest BCUT2D eigenvalue weighted by atomic mass is 35.5. The third kappa shape index (κ3) is 5.34. The first-order chi connectivity index (χ1) is 15.9.